The Labute approximate surface area is 112 Å². The van der Waals surface area contributed by atoms with Gasteiger partial charge in [0.25, 0.3) is 5.91 Å². The van der Waals surface area contributed by atoms with Crippen molar-refractivity contribution in [1.29, 1.82) is 0 Å². The monoisotopic (exact) mass is 276 g/mol. The number of esters is 1. The fraction of sp³-hybridized carbons (Fsp3) is 0.727. The van der Waals surface area contributed by atoms with Crippen LogP contribution in [0.15, 0.2) is 0 Å². The molecule has 0 radical (unpaired) electrons. The first-order valence-electron chi connectivity index (χ1n) is 5.78. The standard InChI is InChI=1S/C11H20N2O4S/c1-4-13(5-2)10(15)6-17-11(16)9(7-18)12-8(3)14/h9,18H,4-7H2,1-3H3,(H,12,14)/t9-/m0/s1. The molecule has 0 aliphatic carbocycles. The highest BCUT2D eigenvalue weighted by Gasteiger charge is 2.21. The second-order valence-corrected chi connectivity index (χ2v) is 3.97. The van der Waals surface area contributed by atoms with Crippen molar-refractivity contribution in [3.05, 3.63) is 0 Å². The lowest BCUT2D eigenvalue weighted by Crippen LogP contribution is -2.43. The van der Waals surface area contributed by atoms with Gasteiger partial charge < -0.3 is 15.0 Å². The van der Waals surface area contributed by atoms with E-state index in [1.165, 1.54) is 6.92 Å². The summed E-state index contributed by atoms with van der Waals surface area (Å²) in [6.07, 6.45) is 0. The van der Waals surface area contributed by atoms with Gasteiger partial charge in [0.05, 0.1) is 0 Å². The fourth-order valence-corrected chi connectivity index (χ4v) is 1.57. The van der Waals surface area contributed by atoms with Crippen molar-refractivity contribution in [2.75, 3.05) is 25.4 Å². The maximum Gasteiger partial charge on any atom is 0.330 e. The summed E-state index contributed by atoms with van der Waals surface area (Å²) < 4.78 is 4.85. The van der Waals surface area contributed by atoms with Gasteiger partial charge in [0.15, 0.2) is 6.61 Å². The van der Waals surface area contributed by atoms with Crippen LogP contribution in [0, 0.1) is 0 Å². The smallest absolute Gasteiger partial charge is 0.330 e. The number of rotatable bonds is 7. The van der Waals surface area contributed by atoms with Crippen LogP contribution in [0.5, 0.6) is 0 Å². The van der Waals surface area contributed by atoms with Crippen LogP contribution in [0.4, 0.5) is 0 Å². The largest absolute Gasteiger partial charge is 0.454 e. The lowest BCUT2D eigenvalue weighted by atomic mass is 10.3. The molecule has 18 heavy (non-hydrogen) atoms. The van der Waals surface area contributed by atoms with Crippen molar-refractivity contribution in [3.8, 4) is 0 Å². The van der Waals surface area contributed by atoms with Gasteiger partial charge in [0.1, 0.15) is 6.04 Å². The van der Waals surface area contributed by atoms with E-state index in [9.17, 15) is 14.4 Å². The van der Waals surface area contributed by atoms with Gasteiger partial charge in [-0.05, 0) is 13.8 Å². The average Bonchev–Trinajstić information content (AvgIpc) is 2.34. The van der Waals surface area contributed by atoms with E-state index in [1.54, 1.807) is 4.90 Å². The van der Waals surface area contributed by atoms with E-state index in [0.717, 1.165) is 0 Å². The van der Waals surface area contributed by atoms with Crippen LogP contribution in [0.25, 0.3) is 0 Å². The second kappa shape index (κ2) is 8.79. The zero-order chi connectivity index (χ0) is 14.1. The molecule has 6 nitrogen and oxygen atoms in total. The Morgan fingerprint density at radius 3 is 2.22 bits per heavy atom. The summed E-state index contributed by atoms with van der Waals surface area (Å²) in [6.45, 7) is 5.80. The summed E-state index contributed by atoms with van der Waals surface area (Å²) in [4.78, 5) is 35.5. The molecule has 0 aliphatic rings. The van der Waals surface area contributed by atoms with Crippen molar-refractivity contribution in [1.82, 2.24) is 10.2 Å². The zero-order valence-corrected chi connectivity index (χ0v) is 11.8. The van der Waals surface area contributed by atoms with Gasteiger partial charge in [-0.15, -0.1) is 0 Å². The number of hydrogen-bond donors (Lipinski definition) is 2. The molecule has 0 unspecified atom stereocenters. The van der Waals surface area contributed by atoms with E-state index < -0.39 is 12.0 Å². The molecular weight excluding hydrogens is 256 g/mol. The molecule has 0 saturated carbocycles. The molecule has 1 N–H and O–H groups in total. The Kier molecular flexibility index (Phi) is 8.19. The summed E-state index contributed by atoms with van der Waals surface area (Å²) in [6, 6.07) is -0.824. The van der Waals surface area contributed by atoms with Crippen molar-refractivity contribution in [2.24, 2.45) is 0 Å². The van der Waals surface area contributed by atoms with E-state index in [0.29, 0.717) is 13.1 Å². The molecule has 0 fully saturated rings. The Balaban J connectivity index is 4.22. The van der Waals surface area contributed by atoms with E-state index in [1.807, 2.05) is 13.8 Å². The van der Waals surface area contributed by atoms with Crippen LogP contribution in [0.1, 0.15) is 20.8 Å². The van der Waals surface area contributed by atoms with E-state index in [-0.39, 0.29) is 24.2 Å². The second-order valence-electron chi connectivity index (χ2n) is 3.61. The van der Waals surface area contributed by atoms with Crippen LogP contribution in [-0.4, -0.2) is 54.2 Å². The highest BCUT2D eigenvalue weighted by molar-refractivity contribution is 7.80. The summed E-state index contributed by atoms with van der Waals surface area (Å²) >= 11 is 3.94. The third kappa shape index (κ3) is 5.90. The number of hydrogen-bond acceptors (Lipinski definition) is 5. The predicted molar refractivity (Wildman–Crippen MR) is 70.3 cm³/mol. The number of likely N-dealkylation sites (N-methyl/N-ethyl adjacent to an activating group) is 1. The Bertz CT molecular complexity index is 305. The number of nitrogens with zero attached hydrogens (tertiary/aromatic N) is 1. The lowest BCUT2D eigenvalue weighted by molar-refractivity contribution is -0.153. The SMILES string of the molecule is CCN(CC)C(=O)COC(=O)[C@H](CS)NC(C)=O. The Hall–Kier alpha value is -1.24. The van der Waals surface area contributed by atoms with Crippen LogP contribution in [0.2, 0.25) is 0 Å². The topological polar surface area (TPSA) is 75.7 Å². The quantitative estimate of drug-likeness (QED) is 0.500. The molecule has 0 aromatic heterocycles. The van der Waals surface area contributed by atoms with Gasteiger partial charge in [-0.25, -0.2) is 4.79 Å². The molecule has 7 heteroatoms. The maximum atomic E-state index is 11.6. The predicted octanol–water partition coefficient (Wildman–Crippen LogP) is -0.168. The summed E-state index contributed by atoms with van der Waals surface area (Å²) in [5.74, 6) is -1.13. The summed E-state index contributed by atoms with van der Waals surface area (Å²) in [5.41, 5.74) is 0. The van der Waals surface area contributed by atoms with Crippen LogP contribution in [-0.2, 0) is 19.1 Å². The third-order valence-electron chi connectivity index (χ3n) is 2.30. The molecule has 0 spiro atoms. The van der Waals surface area contributed by atoms with E-state index in [2.05, 4.69) is 17.9 Å². The van der Waals surface area contributed by atoms with Crippen molar-refractivity contribution < 1.29 is 19.1 Å². The Morgan fingerprint density at radius 1 is 1.28 bits per heavy atom. The molecule has 0 aromatic rings. The number of thiol groups is 1. The molecule has 0 heterocycles. The minimum atomic E-state index is -0.824. The van der Waals surface area contributed by atoms with Gasteiger partial charge in [0.2, 0.25) is 5.91 Å². The molecule has 2 amide bonds. The van der Waals surface area contributed by atoms with Crippen molar-refractivity contribution in [2.45, 2.75) is 26.8 Å². The number of ether oxygens (including phenoxy) is 1. The van der Waals surface area contributed by atoms with Crippen LogP contribution >= 0.6 is 12.6 Å². The van der Waals surface area contributed by atoms with E-state index in [4.69, 9.17) is 4.74 Å². The molecule has 0 aromatic carbocycles. The first-order valence-corrected chi connectivity index (χ1v) is 6.41. The lowest BCUT2D eigenvalue weighted by Gasteiger charge is -2.19. The number of amides is 2. The zero-order valence-electron chi connectivity index (χ0n) is 10.9. The maximum absolute atomic E-state index is 11.6. The van der Waals surface area contributed by atoms with Gasteiger partial charge in [-0.1, -0.05) is 0 Å². The van der Waals surface area contributed by atoms with E-state index >= 15 is 0 Å². The summed E-state index contributed by atoms with van der Waals surface area (Å²) in [5, 5.41) is 2.40. The van der Waals surface area contributed by atoms with Gasteiger partial charge >= 0.3 is 5.97 Å². The van der Waals surface area contributed by atoms with Gasteiger partial charge in [-0.3, -0.25) is 9.59 Å². The van der Waals surface area contributed by atoms with Crippen LogP contribution in [0.3, 0.4) is 0 Å². The highest BCUT2D eigenvalue weighted by Crippen LogP contribution is 1.95. The first-order chi connectivity index (χ1) is 8.46. The van der Waals surface area contributed by atoms with Gasteiger partial charge in [-0.2, -0.15) is 12.6 Å². The highest BCUT2D eigenvalue weighted by atomic mass is 32.1. The molecule has 0 aliphatic heterocycles. The number of nitrogens with one attached hydrogen (secondary N) is 1. The van der Waals surface area contributed by atoms with Crippen molar-refractivity contribution >= 4 is 30.4 Å². The van der Waals surface area contributed by atoms with Crippen molar-refractivity contribution in [3.63, 3.8) is 0 Å². The summed E-state index contributed by atoms with van der Waals surface area (Å²) in [7, 11) is 0. The average molecular weight is 276 g/mol. The molecule has 0 saturated heterocycles. The number of carbonyl (C=O) groups is 3. The minimum absolute atomic E-state index is 0.123. The molecule has 1 atom stereocenters. The molecule has 104 valence electrons. The number of carbonyl (C=O) groups excluding carboxylic acids is 3. The molecular formula is C11H20N2O4S. The minimum Gasteiger partial charge on any atom is -0.454 e. The molecule has 0 bridgehead atoms. The Morgan fingerprint density at radius 2 is 1.83 bits per heavy atom. The van der Waals surface area contributed by atoms with Crippen LogP contribution < -0.4 is 5.32 Å². The normalized spacial score (nSPS) is 11.6. The third-order valence-corrected chi connectivity index (χ3v) is 2.66. The molecule has 0 rings (SSSR count). The fourth-order valence-electron chi connectivity index (χ4n) is 1.33. The van der Waals surface area contributed by atoms with Gasteiger partial charge in [0, 0.05) is 25.8 Å². The first kappa shape index (κ1) is 16.8.